The van der Waals surface area contributed by atoms with Crippen LogP contribution in [0.3, 0.4) is 0 Å². The molecule has 0 atom stereocenters. The lowest BCUT2D eigenvalue weighted by atomic mass is 10.1. The van der Waals surface area contributed by atoms with E-state index in [1.807, 2.05) is 24.3 Å². The van der Waals surface area contributed by atoms with Crippen LogP contribution >= 0.6 is 0 Å². The van der Waals surface area contributed by atoms with Crippen LogP contribution in [0, 0.1) is 5.82 Å². The van der Waals surface area contributed by atoms with Gasteiger partial charge in [-0.2, -0.15) is 4.98 Å². The molecule has 0 unspecified atom stereocenters. The number of ether oxygens (including phenoxy) is 1. The highest BCUT2D eigenvalue weighted by Gasteiger charge is 2.09. The highest BCUT2D eigenvalue weighted by atomic mass is 19.1. The van der Waals surface area contributed by atoms with E-state index >= 15 is 0 Å². The standard InChI is InChI=1S/C18H18FN3O2/c19-15-7-9-16(10-8-15)23-12-17-21-18(22-24-17)14-5-3-13(4-6-14)2-1-11-20/h3-10H,1-2,11-12,20H2. The number of aryl methyl sites for hydroxylation is 1. The Morgan fingerprint density at radius 2 is 1.79 bits per heavy atom. The van der Waals surface area contributed by atoms with Gasteiger partial charge in [0, 0.05) is 5.56 Å². The molecule has 5 nitrogen and oxygen atoms in total. The SMILES string of the molecule is NCCCc1ccc(-c2noc(COc3ccc(F)cc3)n2)cc1. The summed E-state index contributed by atoms with van der Waals surface area (Å²) in [4.78, 5) is 4.31. The van der Waals surface area contributed by atoms with E-state index in [2.05, 4.69) is 10.1 Å². The Bertz CT molecular complexity index is 770. The number of rotatable bonds is 7. The smallest absolute Gasteiger partial charge is 0.264 e. The average molecular weight is 327 g/mol. The molecule has 2 aromatic carbocycles. The van der Waals surface area contributed by atoms with Crippen molar-refractivity contribution in [2.24, 2.45) is 5.73 Å². The monoisotopic (exact) mass is 327 g/mol. The Hall–Kier alpha value is -2.73. The lowest BCUT2D eigenvalue weighted by molar-refractivity contribution is 0.242. The minimum atomic E-state index is -0.308. The molecule has 0 radical (unpaired) electrons. The van der Waals surface area contributed by atoms with Crippen LogP contribution in [0.15, 0.2) is 53.1 Å². The molecule has 0 aliphatic carbocycles. The molecule has 0 bridgehead atoms. The highest BCUT2D eigenvalue weighted by Crippen LogP contribution is 2.18. The second-order valence-electron chi connectivity index (χ2n) is 5.34. The fraction of sp³-hybridized carbons (Fsp3) is 0.222. The minimum Gasteiger partial charge on any atom is -0.484 e. The van der Waals surface area contributed by atoms with Crippen LogP contribution in [0.4, 0.5) is 4.39 Å². The lowest BCUT2D eigenvalue weighted by Gasteiger charge is -2.02. The van der Waals surface area contributed by atoms with Crippen molar-refractivity contribution < 1.29 is 13.7 Å². The first-order chi connectivity index (χ1) is 11.7. The number of halogens is 1. The first-order valence-corrected chi connectivity index (χ1v) is 7.75. The molecule has 3 aromatic rings. The zero-order valence-corrected chi connectivity index (χ0v) is 13.1. The Kier molecular flexibility index (Phi) is 5.18. The summed E-state index contributed by atoms with van der Waals surface area (Å²) in [5.74, 6) is 1.11. The first kappa shape index (κ1) is 16.1. The van der Waals surface area contributed by atoms with Gasteiger partial charge in [0.2, 0.25) is 5.82 Å². The van der Waals surface area contributed by atoms with Gasteiger partial charge in [-0.15, -0.1) is 0 Å². The molecule has 0 aliphatic rings. The molecule has 0 fully saturated rings. The molecule has 0 amide bonds. The van der Waals surface area contributed by atoms with Crippen LogP contribution in [-0.4, -0.2) is 16.7 Å². The summed E-state index contributed by atoms with van der Waals surface area (Å²) in [5.41, 5.74) is 7.62. The van der Waals surface area contributed by atoms with Crippen molar-refractivity contribution in [2.75, 3.05) is 6.54 Å². The Morgan fingerprint density at radius 1 is 1.04 bits per heavy atom. The van der Waals surface area contributed by atoms with Gasteiger partial charge in [-0.25, -0.2) is 4.39 Å². The average Bonchev–Trinajstić information content (AvgIpc) is 3.09. The molecule has 0 saturated heterocycles. The molecule has 0 aliphatic heterocycles. The van der Waals surface area contributed by atoms with E-state index in [9.17, 15) is 4.39 Å². The van der Waals surface area contributed by atoms with Crippen molar-refractivity contribution in [3.05, 3.63) is 65.8 Å². The fourth-order valence-corrected chi connectivity index (χ4v) is 2.23. The number of hydrogen-bond acceptors (Lipinski definition) is 5. The third kappa shape index (κ3) is 4.17. The fourth-order valence-electron chi connectivity index (χ4n) is 2.23. The van der Waals surface area contributed by atoms with Crippen molar-refractivity contribution in [1.29, 1.82) is 0 Å². The Balaban J connectivity index is 1.61. The minimum absolute atomic E-state index is 0.132. The van der Waals surface area contributed by atoms with Crippen molar-refractivity contribution in [3.8, 4) is 17.1 Å². The van der Waals surface area contributed by atoms with E-state index in [0.29, 0.717) is 24.0 Å². The molecular weight excluding hydrogens is 309 g/mol. The lowest BCUT2D eigenvalue weighted by Crippen LogP contribution is -2.00. The molecule has 1 heterocycles. The van der Waals surface area contributed by atoms with Crippen molar-refractivity contribution in [1.82, 2.24) is 10.1 Å². The van der Waals surface area contributed by atoms with E-state index in [1.54, 1.807) is 12.1 Å². The van der Waals surface area contributed by atoms with Crippen molar-refractivity contribution in [2.45, 2.75) is 19.4 Å². The van der Waals surface area contributed by atoms with Crippen molar-refractivity contribution in [3.63, 3.8) is 0 Å². The quantitative estimate of drug-likeness (QED) is 0.720. The number of nitrogens with two attached hydrogens (primary N) is 1. The molecule has 24 heavy (non-hydrogen) atoms. The summed E-state index contributed by atoms with van der Waals surface area (Å²) >= 11 is 0. The van der Waals surface area contributed by atoms with Crippen LogP contribution in [0.5, 0.6) is 5.75 Å². The zero-order chi connectivity index (χ0) is 16.8. The largest absolute Gasteiger partial charge is 0.484 e. The van der Waals surface area contributed by atoms with Gasteiger partial charge in [-0.3, -0.25) is 0 Å². The zero-order valence-electron chi connectivity index (χ0n) is 13.1. The van der Waals surface area contributed by atoms with E-state index in [0.717, 1.165) is 18.4 Å². The normalized spacial score (nSPS) is 10.8. The number of aromatic nitrogens is 2. The summed E-state index contributed by atoms with van der Waals surface area (Å²) < 4.78 is 23.5. The highest BCUT2D eigenvalue weighted by molar-refractivity contribution is 5.54. The molecule has 0 spiro atoms. The molecular formula is C18H18FN3O2. The van der Waals surface area contributed by atoms with Crippen LogP contribution in [0.1, 0.15) is 17.9 Å². The predicted octanol–water partition coefficient (Wildman–Crippen LogP) is 3.35. The molecule has 2 N–H and O–H groups in total. The van der Waals surface area contributed by atoms with Crippen LogP contribution in [0.25, 0.3) is 11.4 Å². The van der Waals surface area contributed by atoms with Gasteiger partial charge in [0.25, 0.3) is 5.89 Å². The third-order valence-corrected chi connectivity index (χ3v) is 3.53. The van der Waals surface area contributed by atoms with Gasteiger partial charge >= 0.3 is 0 Å². The molecule has 3 rings (SSSR count). The van der Waals surface area contributed by atoms with E-state index < -0.39 is 0 Å². The van der Waals surface area contributed by atoms with Crippen LogP contribution in [-0.2, 0) is 13.0 Å². The van der Waals surface area contributed by atoms with E-state index in [-0.39, 0.29) is 12.4 Å². The van der Waals surface area contributed by atoms with E-state index in [1.165, 1.54) is 17.7 Å². The van der Waals surface area contributed by atoms with Gasteiger partial charge in [-0.05, 0) is 49.2 Å². The second kappa shape index (κ2) is 7.70. The Morgan fingerprint density at radius 3 is 2.50 bits per heavy atom. The van der Waals surface area contributed by atoms with Crippen molar-refractivity contribution >= 4 is 0 Å². The van der Waals surface area contributed by atoms with Gasteiger partial charge in [-0.1, -0.05) is 29.4 Å². The summed E-state index contributed by atoms with van der Waals surface area (Å²) in [7, 11) is 0. The molecule has 1 aromatic heterocycles. The summed E-state index contributed by atoms with van der Waals surface area (Å²) in [6.45, 7) is 0.817. The molecule has 124 valence electrons. The van der Waals surface area contributed by atoms with Gasteiger partial charge in [0.15, 0.2) is 6.61 Å². The summed E-state index contributed by atoms with van der Waals surface area (Å²) in [5, 5.41) is 3.96. The van der Waals surface area contributed by atoms with Gasteiger partial charge in [0.1, 0.15) is 11.6 Å². The van der Waals surface area contributed by atoms with Gasteiger partial charge in [0.05, 0.1) is 0 Å². The Labute approximate surface area is 139 Å². The first-order valence-electron chi connectivity index (χ1n) is 7.75. The van der Waals surface area contributed by atoms with Crippen LogP contribution < -0.4 is 10.5 Å². The maximum Gasteiger partial charge on any atom is 0.264 e. The molecule has 6 heteroatoms. The second-order valence-corrected chi connectivity index (χ2v) is 5.34. The maximum atomic E-state index is 12.8. The predicted molar refractivity (Wildman–Crippen MR) is 87.8 cm³/mol. The van der Waals surface area contributed by atoms with Gasteiger partial charge < -0.3 is 15.0 Å². The maximum absolute atomic E-state index is 12.8. The molecule has 0 saturated carbocycles. The number of benzene rings is 2. The summed E-state index contributed by atoms with van der Waals surface area (Å²) in [6, 6.07) is 13.8. The topological polar surface area (TPSA) is 74.2 Å². The summed E-state index contributed by atoms with van der Waals surface area (Å²) in [6.07, 6.45) is 1.92. The third-order valence-electron chi connectivity index (χ3n) is 3.53. The van der Waals surface area contributed by atoms with E-state index in [4.69, 9.17) is 15.0 Å². The number of hydrogen-bond donors (Lipinski definition) is 1. The van der Waals surface area contributed by atoms with Crippen LogP contribution in [0.2, 0.25) is 0 Å². The number of nitrogens with zero attached hydrogens (tertiary/aromatic N) is 2.